The van der Waals surface area contributed by atoms with Gasteiger partial charge in [-0.05, 0) is 50.6 Å². The summed E-state index contributed by atoms with van der Waals surface area (Å²) in [5.74, 6) is 0.728. The highest BCUT2D eigenvalue weighted by Crippen LogP contribution is 2.26. The van der Waals surface area contributed by atoms with Gasteiger partial charge >= 0.3 is 0 Å². The van der Waals surface area contributed by atoms with E-state index in [0.717, 1.165) is 29.9 Å². The maximum absolute atomic E-state index is 3.60. The van der Waals surface area contributed by atoms with Crippen molar-refractivity contribution in [3.63, 3.8) is 0 Å². The van der Waals surface area contributed by atoms with E-state index in [0.29, 0.717) is 0 Å². The van der Waals surface area contributed by atoms with Crippen molar-refractivity contribution in [3.05, 3.63) is 34.4 Å². The first-order valence-corrected chi connectivity index (χ1v) is 9.38. The fraction of sp³-hybridized carbons (Fsp3) is 0.529. The Kier molecular flexibility index (Phi) is 6.81. The minimum atomic E-state index is 0.728. The lowest BCUT2D eigenvalue weighted by atomic mass is 10.1. The van der Waals surface area contributed by atoms with Gasteiger partial charge in [0, 0.05) is 46.8 Å². The summed E-state index contributed by atoms with van der Waals surface area (Å²) in [6, 6.07) is 6.61. The number of nitrogens with one attached hydrogen (secondary N) is 1. The second kappa shape index (κ2) is 8.39. The number of nitrogens with zero attached hydrogens (tertiary/aromatic N) is 2. The van der Waals surface area contributed by atoms with Gasteiger partial charge in [-0.1, -0.05) is 35.8 Å². The molecule has 1 aromatic heterocycles. The number of aromatic nitrogens is 1. The maximum atomic E-state index is 3.60. The smallest absolute Gasteiger partial charge is 0.0494 e. The molecule has 0 saturated carbocycles. The number of fused-ring (bicyclic) bond motifs is 1. The molecule has 0 spiro atoms. The molecule has 122 valence electrons. The summed E-state index contributed by atoms with van der Waals surface area (Å²) < 4.78 is 9.03. The first-order valence-electron chi connectivity index (χ1n) is 7.81. The van der Waals surface area contributed by atoms with Crippen LogP contribution in [0.4, 0.5) is 0 Å². The Morgan fingerprint density at radius 2 is 2.09 bits per heavy atom. The summed E-state index contributed by atoms with van der Waals surface area (Å²) in [6.45, 7) is 6.63. The van der Waals surface area contributed by atoms with Crippen LogP contribution < -0.4 is 4.72 Å². The van der Waals surface area contributed by atoms with Crippen molar-refractivity contribution in [2.75, 3.05) is 20.6 Å². The Balaban J connectivity index is 2.15. The van der Waals surface area contributed by atoms with E-state index >= 15 is 0 Å². The Hall–Kier alpha value is -0.490. The van der Waals surface area contributed by atoms with E-state index in [1.807, 2.05) is 14.1 Å². The van der Waals surface area contributed by atoms with Gasteiger partial charge < -0.3 is 4.57 Å². The molecular weight excluding hydrogens is 358 g/mol. The predicted octanol–water partition coefficient (Wildman–Crippen LogP) is 4.71. The average Bonchev–Trinajstić information content (AvgIpc) is 2.78. The van der Waals surface area contributed by atoms with E-state index in [-0.39, 0.29) is 0 Å². The molecule has 0 atom stereocenters. The van der Waals surface area contributed by atoms with Gasteiger partial charge in [-0.15, -0.1) is 0 Å². The van der Waals surface area contributed by atoms with Crippen molar-refractivity contribution in [3.8, 4) is 0 Å². The minimum Gasteiger partial charge on any atom is -0.347 e. The molecule has 1 aromatic carbocycles. The lowest BCUT2D eigenvalue weighted by Crippen LogP contribution is -2.15. The highest BCUT2D eigenvalue weighted by Gasteiger charge is 2.09. The van der Waals surface area contributed by atoms with Crippen molar-refractivity contribution in [2.45, 2.75) is 33.2 Å². The topological polar surface area (TPSA) is 20.2 Å². The average molecular weight is 384 g/mol. The molecule has 3 nitrogen and oxygen atoms in total. The lowest BCUT2D eigenvalue weighted by molar-refractivity contribution is 0.524. The molecule has 0 bridgehead atoms. The van der Waals surface area contributed by atoms with E-state index < -0.39 is 0 Å². The first-order chi connectivity index (χ1) is 10.5. The van der Waals surface area contributed by atoms with E-state index in [1.54, 1.807) is 12.1 Å². The highest BCUT2D eigenvalue weighted by atomic mass is 79.9. The van der Waals surface area contributed by atoms with Crippen LogP contribution in [-0.4, -0.2) is 29.5 Å². The van der Waals surface area contributed by atoms with Crippen LogP contribution in [0.15, 0.2) is 28.9 Å². The quantitative estimate of drug-likeness (QED) is 0.526. The molecule has 0 radical (unpaired) electrons. The monoisotopic (exact) mass is 383 g/mol. The van der Waals surface area contributed by atoms with Crippen LogP contribution in [0.1, 0.15) is 25.8 Å². The van der Waals surface area contributed by atoms with Crippen LogP contribution in [0.3, 0.4) is 0 Å². The van der Waals surface area contributed by atoms with Crippen LogP contribution >= 0.6 is 28.1 Å². The third-order valence-corrected chi connectivity index (χ3v) is 4.81. The number of hydrogen-bond acceptors (Lipinski definition) is 3. The summed E-state index contributed by atoms with van der Waals surface area (Å²) in [7, 11) is 4.10. The SMILES string of the molecule is CC(C)CCn1cc(CCNSN(C)C)c2ccc(Br)cc21. The molecular formula is C17H26BrN3S. The lowest BCUT2D eigenvalue weighted by Gasteiger charge is -2.08. The maximum Gasteiger partial charge on any atom is 0.0494 e. The zero-order chi connectivity index (χ0) is 16.1. The van der Waals surface area contributed by atoms with E-state index in [4.69, 9.17) is 0 Å². The molecule has 0 fully saturated rings. The third kappa shape index (κ3) is 5.01. The molecule has 0 aliphatic carbocycles. The second-order valence-corrected chi connectivity index (χ2v) is 8.36. The molecule has 1 N–H and O–H groups in total. The number of rotatable bonds is 8. The van der Waals surface area contributed by atoms with Gasteiger partial charge in [-0.3, -0.25) is 4.72 Å². The Labute approximate surface area is 146 Å². The fourth-order valence-corrected chi connectivity index (χ4v) is 3.28. The largest absolute Gasteiger partial charge is 0.347 e. The molecule has 2 rings (SSSR count). The first kappa shape index (κ1) is 17.9. The Bertz CT molecular complexity index is 607. The summed E-state index contributed by atoms with van der Waals surface area (Å²) in [5, 5.41) is 1.38. The molecule has 0 amide bonds. The second-order valence-electron chi connectivity index (χ2n) is 6.24. The van der Waals surface area contributed by atoms with Crippen LogP contribution in [-0.2, 0) is 13.0 Å². The molecule has 2 aromatic rings. The summed E-state index contributed by atoms with van der Waals surface area (Å²) in [6.07, 6.45) is 4.60. The van der Waals surface area contributed by atoms with Gasteiger partial charge in [0.1, 0.15) is 0 Å². The van der Waals surface area contributed by atoms with Crippen molar-refractivity contribution in [2.24, 2.45) is 5.92 Å². The standard InChI is InChI=1S/C17H26BrN3S/c1-13(2)8-10-21-12-14(7-9-19-22-20(3)4)16-6-5-15(18)11-17(16)21/h5-6,11-13,19H,7-10H2,1-4H3. The van der Waals surface area contributed by atoms with Gasteiger partial charge in [0.2, 0.25) is 0 Å². The molecule has 0 saturated heterocycles. The van der Waals surface area contributed by atoms with Crippen molar-refractivity contribution < 1.29 is 0 Å². The van der Waals surface area contributed by atoms with Crippen LogP contribution in [0.2, 0.25) is 0 Å². The van der Waals surface area contributed by atoms with Crippen LogP contribution in [0.25, 0.3) is 10.9 Å². The van der Waals surface area contributed by atoms with Crippen molar-refractivity contribution >= 4 is 39.0 Å². The third-order valence-electron chi connectivity index (χ3n) is 3.62. The van der Waals surface area contributed by atoms with Gasteiger partial charge in [-0.2, -0.15) is 0 Å². The molecule has 0 aliphatic rings. The van der Waals surface area contributed by atoms with E-state index in [9.17, 15) is 0 Å². The highest BCUT2D eigenvalue weighted by molar-refractivity contribution is 9.10. The molecule has 22 heavy (non-hydrogen) atoms. The summed E-state index contributed by atoms with van der Waals surface area (Å²) in [4.78, 5) is 0. The van der Waals surface area contributed by atoms with Gasteiger partial charge in [-0.25, -0.2) is 4.31 Å². The summed E-state index contributed by atoms with van der Waals surface area (Å²) >= 11 is 5.25. The van der Waals surface area contributed by atoms with E-state index in [2.05, 4.69) is 67.8 Å². The molecule has 5 heteroatoms. The zero-order valence-corrected chi connectivity index (χ0v) is 16.3. The van der Waals surface area contributed by atoms with E-state index in [1.165, 1.54) is 22.9 Å². The normalized spacial score (nSPS) is 12.0. The van der Waals surface area contributed by atoms with Gasteiger partial charge in [0.15, 0.2) is 0 Å². The van der Waals surface area contributed by atoms with Crippen LogP contribution in [0, 0.1) is 5.92 Å². The number of hydrogen-bond donors (Lipinski definition) is 1. The summed E-state index contributed by atoms with van der Waals surface area (Å²) in [5.41, 5.74) is 2.77. The van der Waals surface area contributed by atoms with Crippen LogP contribution in [0.5, 0.6) is 0 Å². The van der Waals surface area contributed by atoms with Crippen molar-refractivity contribution in [1.29, 1.82) is 0 Å². The number of halogens is 1. The molecule has 1 heterocycles. The Morgan fingerprint density at radius 3 is 2.77 bits per heavy atom. The number of aryl methyl sites for hydroxylation is 1. The predicted molar refractivity (Wildman–Crippen MR) is 102 cm³/mol. The zero-order valence-electron chi connectivity index (χ0n) is 13.9. The Morgan fingerprint density at radius 1 is 1.32 bits per heavy atom. The molecule has 0 aliphatic heterocycles. The molecule has 0 unspecified atom stereocenters. The minimum absolute atomic E-state index is 0.728. The van der Waals surface area contributed by atoms with Gasteiger partial charge in [0.25, 0.3) is 0 Å². The van der Waals surface area contributed by atoms with Gasteiger partial charge in [0.05, 0.1) is 0 Å². The number of benzene rings is 1. The van der Waals surface area contributed by atoms with Crippen molar-refractivity contribution in [1.82, 2.24) is 13.6 Å². The fourth-order valence-electron chi connectivity index (χ4n) is 2.48.